The summed E-state index contributed by atoms with van der Waals surface area (Å²) >= 11 is 1.55. The molecule has 1 heterocycles. The number of aromatic nitrogens is 3. The third kappa shape index (κ3) is 4.62. The second-order valence-electron chi connectivity index (χ2n) is 4.19. The summed E-state index contributed by atoms with van der Waals surface area (Å²) in [6.07, 6.45) is 3.57. The van der Waals surface area contributed by atoms with Gasteiger partial charge in [0.25, 0.3) is 0 Å². The van der Waals surface area contributed by atoms with Gasteiger partial charge in [0.15, 0.2) is 5.16 Å². The van der Waals surface area contributed by atoms with E-state index in [0.29, 0.717) is 6.54 Å². The lowest BCUT2D eigenvalue weighted by molar-refractivity contribution is 0.587. The average Bonchev–Trinajstić information content (AvgIpc) is 2.86. The normalized spacial score (nSPS) is 11.7. The minimum Gasteiger partial charge on any atom is -0.277 e. The third-order valence-electron chi connectivity index (χ3n) is 2.47. The lowest BCUT2D eigenvalue weighted by atomic mass is 10.3. The molecule has 0 spiro atoms. The van der Waals surface area contributed by atoms with E-state index in [1.807, 2.05) is 34.9 Å². The van der Waals surface area contributed by atoms with Gasteiger partial charge >= 0.3 is 0 Å². The number of para-hydroxylation sites is 1. The molecule has 0 unspecified atom stereocenters. The lowest BCUT2D eigenvalue weighted by Gasteiger charge is -2.06. The smallest absolute Gasteiger partial charge is 0.208 e. The van der Waals surface area contributed by atoms with E-state index in [4.69, 9.17) is 0 Å². The molecule has 0 atom stereocenters. The second kappa shape index (κ2) is 6.87. The minimum absolute atomic E-state index is 0.436. The van der Waals surface area contributed by atoms with Crippen molar-refractivity contribution in [2.75, 3.05) is 18.6 Å². The summed E-state index contributed by atoms with van der Waals surface area (Å²) in [7, 11) is -3.10. The molecule has 0 amide bonds. The fraction of sp³-hybridized carbons (Fsp3) is 0.333. The monoisotopic (exact) mass is 312 g/mol. The van der Waals surface area contributed by atoms with Crippen LogP contribution in [-0.2, 0) is 10.0 Å². The average molecular weight is 312 g/mol. The van der Waals surface area contributed by atoms with Crippen molar-refractivity contribution in [3.05, 3.63) is 36.7 Å². The van der Waals surface area contributed by atoms with E-state index in [1.165, 1.54) is 0 Å². The van der Waals surface area contributed by atoms with E-state index in [0.717, 1.165) is 29.3 Å². The van der Waals surface area contributed by atoms with Crippen LogP contribution in [0.2, 0.25) is 0 Å². The Morgan fingerprint density at radius 1 is 1.30 bits per heavy atom. The Kier molecular flexibility index (Phi) is 5.16. The Hall–Kier alpha value is -1.38. The van der Waals surface area contributed by atoms with Gasteiger partial charge in [-0.25, -0.2) is 13.1 Å². The van der Waals surface area contributed by atoms with Crippen LogP contribution in [0.5, 0.6) is 0 Å². The van der Waals surface area contributed by atoms with Gasteiger partial charge in [-0.05, 0) is 18.6 Å². The van der Waals surface area contributed by atoms with Crippen LogP contribution >= 0.6 is 11.8 Å². The molecular weight excluding hydrogens is 296 g/mol. The molecule has 0 saturated heterocycles. The van der Waals surface area contributed by atoms with Crippen molar-refractivity contribution in [2.45, 2.75) is 11.6 Å². The van der Waals surface area contributed by atoms with Gasteiger partial charge in [0.2, 0.25) is 10.0 Å². The zero-order valence-corrected chi connectivity index (χ0v) is 12.7. The van der Waals surface area contributed by atoms with Gasteiger partial charge in [-0.1, -0.05) is 30.0 Å². The molecule has 0 aliphatic rings. The van der Waals surface area contributed by atoms with E-state index < -0.39 is 10.0 Å². The summed E-state index contributed by atoms with van der Waals surface area (Å²) in [6.45, 7) is 0.436. The number of hydrogen-bond acceptors (Lipinski definition) is 5. The molecule has 20 heavy (non-hydrogen) atoms. The number of nitrogens with zero attached hydrogens (tertiary/aromatic N) is 3. The fourth-order valence-electron chi connectivity index (χ4n) is 1.58. The zero-order valence-electron chi connectivity index (χ0n) is 11.1. The van der Waals surface area contributed by atoms with E-state index in [2.05, 4.69) is 14.9 Å². The van der Waals surface area contributed by atoms with Gasteiger partial charge < -0.3 is 0 Å². The van der Waals surface area contributed by atoms with Crippen molar-refractivity contribution in [3.63, 3.8) is 0 Å². The fourth-order valence-corrected chi connectivity index (χ4v) is 2.96. The standard InChI is InChI=1S/C12H16N4O2S2/c1-20(17,18)14-8-5-9-19-12-15-13-10-16(12)11-6-3-2-4-7-11/h2-4,6-7,10,14H,5,8-9H2,1H3. The first kappa shape index (κ1) is 15.0. The Morgan fingerprint density at radius 2 is 2.05 bits per heavy atom. The van der Waals surface area contributed by atoms with Gasteiger partial charge in [-0.15, -0.1) is 10.2 Å². The summed E-state index contributed by atoms with van der Waals surface area (Å²) in [5.74, 6) is 0.772. The number of nitrogens with one attached hydrogen (secondary N) is 1. The van der Waals surface area contributed by atoms with Crippen molar-refractivity contribution in [3.8, 4) is 5.69 Å². The Morgan fingerprint density at radius 3 is 2.75 bits per heavy atom. The lowest BCUT2D eigenvalue weighted by Crippen LogP contribution is -2.23. The molecule has 0 radical (unpaired) electrons. The van der Waals surface area contributed by atoms with Crippen LogP contribution in [0.4, 0.5) is 0 Å². The van der Waals surface area contributed by atoms with Gasteiger partial charge in [0.1, 0.15) is 6.33 Å². The van der Waals surface area contributed by atoms with E-state index >= 15 is 0 Å². The van der Waals surface area contributed by atoms with Crippen LogP contribution in [-0.4, -0.2) is 41.7 Å². The molecule has 108 valence electrons. The minimum atomic E-state index is -3.10. The maximum Gasteiger partial charge on any atom is 0.208 e. The molecule has 2 aromatic rings. The molecule has 8 heteroatoms. The van der Waals surface area contributed by atoms with Crippen LogP contribution in [0.25, 0.3) is 5.69 Å². The molecule has 0 aliphatic carbocycles. The third-order valence-corrected chi connectivity index (χ3v) is 4.23. The summed E-state index contributed by atoms with van der Waals surface area (Å²) in [5, 5.41) is 8.79. The molecule has 0 bridgehead atoms. The Balaban J connectivity index is 1.87. The van der Waals surface area contributed by atoms with Crippen LogP contribution in [0.1, 0.15) is 6.42 Å². The Bertz CT molecular complexity index is 640. The highest BCUT2D eigenvalue weighted by Crippen LogP contribution is 2.19. The van der Waals surface area contributed by atoms with Gasteiger partial charge in [-0.2, -0.15) is 0 Å². The van der Waals surface area contributed by atoms with Crippen molar-refractivity contribution < 1.29 is 8.42 Å². The van der Waals surface area contributed by atoms with E-state index in [1.54, 1.807) is 18.1 Å². The highest BCUT2D eigenvalue weighted by molar-refractivity contribution is 7.99. The van der Waals surface area contributed by atoms with E-state index in [-0.39, 0.29) is 0 Å². The van der Waals surface area contributed by atoms with Crippen LogP contribution < -0.4 is 4.72 Å². The maximum atomic E-state index is 10.9. The van der Waals surface area contributed by atoms with Gasteiger partial charge in [-0.3, -0.25) is 4.57 Å². The molecule has 2 rings (SSSR count). The molecule has 0 aliphatic heterocycles. The van der Waals surface area contributed by atoms with Gasteiger partial charge in [0.05, 0.1) is 6.26 Å². The highest BCUT2D eigenvalue weighted by Gasteiger charge is 2.06. The number of thioether (sulfide) groups is 1. The van der Waals surface area contributed by atoms with Crippen molar-refractivity contribution in [1.82, 2.24) is 19.5 Å². The second-order valence-corrected chi connectivity index (χ2v) is 7.08. The van der Waals surface area contributed by atoms with Crippen LogP contribution in [0, 0.1) is 0 Å². The molecular formula is C12H16N4O2S2. The first-order valence-electron chi connectivity index (χ1n) is 6.09. The van der Waals surface area contributed by atoms with Gasteiger partial charge in [0, 0.05) is 18.0 Å². The zero-order chi connectivity index (χ0) is 14.4. The SMILES string of the molecule is CS(=O)(=O)NCCCSc1nncn1-c1ccccc1. The topological polar surface area (TPSA) is 76.9 Å². The number of sulfonamides is 1. The number of hydrogen-bond donors (Lipinski definition) is 1. The van der Waals surface area contributed by atoms with Crippen LogP contribution in [0.15, 0.2) is 41.8 Å². The summed E-state index contributed by atoms with van der Waals surface area (Å²) in [6, 6.07) is 9.84. The molecule has 1 aromatic heterocycles. The molecule has 0 saturated carbocycles. The first-order valence-corrected chi connectivity index (χ1v) is 8.97. The molecule has 1 N–H and O–H groups in total. The molecule has 6 nitrogen and oxygen atoms in total. The highest BCUT2D eigenvalue weighted by atomic mass is 32.2. The first-order chi connectivity index (χ1) is 9.56. The summed E-state index contributed by atoms with van der Waals surface area (Å²) in [5.41, 5.74) is 1.01. The predicted molar refractivity (Wildman–Crippen MR) is 79.5 cm³/mol. The Labute approximate surface area is 122 Å². The molecule has 1 aromatic carbocycles. The van der Waals surface area contributed by atoms with Crippen molar-refractivity contribution >= 4 is 21.8 Å². The van der Waals surface area contributed by atoms with E-state index in [9.17, 15) is 8.42 Å². The molecule has 0 fully saturated rings. The number of rotatable bonds is 7. The quantitative estimate of drug-likeness (QED) is 0.616. The largest absolute Gasteiger partial charge is 0.277 e. The van der Waals surface area contributed by atoms with Crippen molar-refractivity contribution in [1.29, 1.82) is 0 Å². The van der Waals surface area contributed by atoms with Crippen molar-refractivity contribution in [2.24, 2.45) is 0 Å². The summed E-state index contributed by atoms with van der Waals surface area (Å²) < 4.78 is 26.2. The summed E-state index contributed by atoms with van der Waals surface area (Å²) in [4.78, 5) is 0. The maximum absolute atomic E-state index is 10.9. The number of benzene rings is 1. The predicted octanol–water partition coefficient (Wildman–Crippen LogP) is 1.30. The van der Waals surface area contributed by atoms with Crippen LogP contribution in [0.3, 0.4) is 0 Å².